The zero-order valence-electron chi connectivity index (χ0n) is 14.6. The van der Waals surface area contributed by atoms with E-state index in [9.17, 15) is 14.3 Å². The molecule has 0 saturated heterocycles. The minimum Gasteiger partial charge on any atom is -0.472 e. The van der Waals surface area contributed by atoms with Gasteiger partial charge < -0.3 is 15.2 Å². The number of hydrogen-bond acceptors (Lipinski definition) is 4. The lowest BCUT2D eigenvalue weighted by Crippen LogP contribution is -2.31. The predicted octanol–water partition coefficient (Wildman–Crippen LogP) is 3.25. The molecule has 1 heterocycles. The molecule has 0 radical (unpaired) electrons. The lowest BCUT2D eigenvalue weighted by Gasteiger charge is -2.21. The number of benzene rings is 1. The third-order valence-electron chi connectivity index (χ3n) is 3.37. The van der Waals surface area contributed by atoms with Crippen LogP contribution in [0.5, 0.6) is 5.88 Å². The van der Waals surface area contributed by atoms with E-state index in [4.69, 9.17) is 4.74 Å². The van der Waals surface area contributed by atoms with Gasteiger partial charge in [0.25, 0.3) is 5.91 Å². The number of nitrogens with zero attached hydrogens (tertiary/aromatic N) is 1. The fraction of sp³-hybridized carbons (Fsp3) is 0.368. The molecule has 0 saturated carbocycles. The van der Waals surface area contributed by atoms with Gasteiger partial charge >= 0.3 is 0 Å². The number of carbonyl (C=O) groups is 1. The Morgan fingerprint density at radius 2 is 1.96 bits per heavy atom. The molecule has 1 aromatic carbocycles. The van der Waals surface area contributed by atoms with Crippen molar-refractivity contribution in [2.24, 2.45) is 0 Å². The Hall–Kier alpha value is -2.47. The molecule has 5 nitrogen and oxygen atoms in total. The minimum absolute atomic E-state index is 0.168. The van der Waals surface area contributed by atoms with Gasteiger partial charge in [-0.15, -0.1) is 0 Å². The highest BCUT2D eigenvalue weighted by Gasteiger charge is 2.20. The topological polar surface area (TPSA) is 71.5 Å². The molecule has 0 fully saturated rings. The summed E-state index contributed by atoms with van der Waals surface area (Å²) in [6.07, 6.45) is 0.199. The van der Waals surface area contributed by atoms with Gasteiger partial charge in [0.05, 0.1) is 6.04 Å². The van der Waals surface area contributed by atoms with Crippen molar-refractivity contribution in [2.75, 3.05) is 6.61 Å². The first-order valence-corrected chi connectivity index (χ1v) is 8.12. The monoisotopic (exact) mass is 346 g/mol. The summed E-state index contributed by atoms with van der Waals surface area (Å²) in [5, 5.41) is 12.0. The number of aromatic nitrogens is 1. The first kappa shape index (κ1) is 18.9. The highest BCUT2D eigenvalue weighted by molar-refractivity contribution is 5.92. The van der Waals surface area contributed by atoms with E-state index in [1.807, 2.05) is 20.8 Å². The van der Waals surface area contributed by atoms with Crippen LogP contribution in [-0.4, -0.2) is 28.2 Å². The van der Waals surface area contributed by atoms with Crippen molar-refractivity contribution in [1.82, 2.24) is 10.3 Å². The maximum absolute atomic E-state index is 14.0. The molecule has 6 heteroatoms. The SMILES string of the molecule is CC(C)(C)Oc1cccc(C(=O)NC(CCO)c2ccccc2F)n1. The third-order valence-corrected chi connectivity index (χ3v) is 3.37. The van der Waals surface area contributed by atoms with E-state index in [-0.39, 0.29) is 18.7 Å². The van der Waals surface area contributed by atoms with Gasteiger partial charge in [-0.2, -0.15) is 0 Å². The van der Waals surface area contributed by atoms with Gasteiger partial charge in [0.1, 0.15) is 17.1 Å². The molecule has 1 atom stereocenters. The van der Waals surface area contributed by atoms with Gasteiger partial charge in [-0.1, -0.05) is 24.3 Å². The van der Waals surface area contributed by atoms with Crippen molar-refractivity contribution < 1.29 is 19.0 Å². The maximum atomic E-state index is 14.0. The smallest absolute Gasteiger partial charge is 0.270 e. The van der Waals surface area contributed by atoms with Crippen molar-refractivity contribution >= 4 is 5.91 Å². The van der Waals surface area contributed by atoms with Gasteiger partial charge in [0.15, 0.2) is 0 Å². The number of hydrogen-bond donors (Lipinski definition) is 2. The lowest BCUT2D eigenvalue weighted by molar-refractivity contribution is 0.0916. The molecule has 134 valence electrons. The molecule has 0 spiro atoms. The zero-order chi connectivity index (χ0) is 18.4. The summed E-state index contributed by atoms with van der Waals surface area (Å²) in [5.74, 6) is -0.551. The van der Waals surface area contributed by atoms with Crippen LogP contribution in [0.3, 0.4) is 0 Å². The summed E-state index contributed by atoms with van der Waals surface area (Å²) in [6, 6.07) is 10.4. The van der Waals surface area contributed by atoms with Gasteiger partial charge in [-0.25, -0.2) is 9.37 Å². The number of carbonyl (C=O) groups excluding carboxylic acids is 1. The van der Waals surface area contributed by atoms with E-state index >= 15 is 0 Å². The van der Waals surface area contributed by atoms with Gasteiger partial charge in [0.2, 0.25) is 5.88 Å². The van der Waals surface area contributed by atoms with Crippen LogP contribution in [0.2, 0.25) is 0 Å². The molecular formula is C19H23FN2O3. The fourth-order valence-corrected chi connectivity index (χ4v) is 2.34. The number of rotatable bonds is 6. The van der Waals surface area contributed by atoms with E-state index in [1.54, 1.807) is 36.4 Å². The highest BCUT2D eigenvalue weighted by atomic mass is 19.1. The predicted molar refractivity (Wildman–Crippen MR) is 92.9 cm³/mol. The summed E-state index contributed by atoms with van der Waals surface area (Å²) in [6.45, 7) is 5.48. The first-order valence-electron chi connectivity index (χ1n) is 8.12. The third kappa shape index (κ3) is 5.53. The number of aliphatic hydroxyl groups excluding tert-OH is 1. The number of amides is 1. The van der Waals surface area contributed by atoms with Crippen LogP contribution in [0.25, 0.3) is 0 Å². The minimum atomic E-state index is -0.646. The van der Waals surface area contributed by atoms with Crippen molar-refractivity contribution in [3.05, 3.63) is 59.5 Å². The second-order valence-corrected chi connectivity index (χ2v) is 6.64. The zero-order valence-corrected chi connectivity index (χ0v) is 14.6. The average molecular weight is 346 g/mol. The van der Waals surface area contributed by atoms with E-state index in [0.717, 1.165) is 0 Å². The molecule has 2 aromatic rings. The van der Waals surface area contributed by atoms with E-state index in [1.165, 1.54) is 6.07 Å². The van der Waals surface area contributed by atoms with Crippen molar-refractivity contribution in [3.8, 4) is 5.88 Å². The molecule has 0 aliphatic heterocycles. The van der Waals surface area contributed by atoms with Gasteiger partial charge in [0, 0.05) is 18.2 Å². The highest BCUT2D eigenvalue weighted by Crippen LogP contribution is 2.21. The molecule has 25 heavy (non-hydrogen) atoms. The Morgan fingerprint density at radius 3 is 2.60 bits per heavy atom. The summed E-state index contributed by atoms with van der Waals surface area (Å²) in [4.78, 5) is 16.7. The Kier molecular flexibility index (Phi) is 6.09. The number of halogens is 1. The van der Waals surface area contributed by atoms with Crippen molar-refractivity contribution in [1.29, 1.82) is 0 Å². The molecular weight excluding hydrogens is 323 g/mol. The molecule has 0 bridgehead atoms. The molecule has 1 amide bonds. The number of nitrogens with one attached hydrogen (secondary N) is 1. The van der Waals surface area contributed by atoms with Crippen LogP contribution < -0.4 is 10.1 Å². The second-order valence-electron chi connectivity index (χ2n) is 6.64. The van der Waals surface area contributed by atoms with E-state index in [2.05, 4.69) is 10.3 Å². The maximum Gasteiger partial charge on any atom is 0.270 e. The van der Waals surface area contributed by atoms with Crippen LogP contribution in [0.15, 0.2) is 42.5 Å². The van der Waals surface area contributed by atoms with Crippen LogP contribution in [0.4, 0.5) is 4.39 Å². The lowest BCUT2D eigenvalue weighted by atomic mass is 10.0. The van der Waals surface area contributed by atoms with E-state index in [0.29, 0.717) is 11.4 Å². The Labute approximate surface area is 146 Å². The Balaban J connectivity index is 2.19. The fourth-order valence-electron chi connectivity index (χ4n) is 2.34. The Morgan fingerprint density at radius 1 is 1.24 bits per heavy atom. The van der Waals surface area contributed by atoms with Gasteiger partial charge in [-0.3, -0.25) is 4.79 Å². The summed E-state index contributed by atoms with van der Waals surface area (Å²) < 4.78 is 19.7. The molecule has 2 rings (SSSR count). The molecule has 2 N–H and O–H groups in total. The molecule has 1 aromatic heterocycles. The second kappa shape index (κ2) is 8.07. The quantitative estimate of drug-likeness (QED) is 0.842. The molecule has 0 aliphatic rings. The van der Waals surface area contributed by atoms with E-state index < -0.39 is 23.4 Å². The van der Waals surface area contributed by atoms with Crippen molar-refractivity contribution in [3.63, 3.8) is 0 Å². The number of aliphatic hydroxyl groups is 1. The number of ether oxygens (including phenoxy) is 1. The van der Waals surface area contributed by atoms with Crippen LogP contribution in [0, 0.1) is 5.82 Å². The Bertz CT molecular complexity index is 729. The van der Waals surface area contributed by atoms with Crippen LogP contribution >= 0.6 is 0 Å². The van der Waals surface area contributed by atoms with Crippen molar-refractivity contribution in [2.45, 2.75) is 38.8 Å². The first-order chi connectivity index (χ1) is 11.8. The average Bonchev–Trinajstić information content (AvgIpc) is 2.53. The summed E-state index contributed by atoms with van der Waals surface area (Å²) in [7, 11) is 0. The standard InChI is InChI=1S/C19H23FN2O3/c1-19(2,3)25-17-10-6-9-16(21-17)18(24)22-15(11-12-23)13-7-4-5-8-14(13)20/h4-10,15,23H,11-12H2,1-3H3,(H,22,24). The number of pyridine rings is 1. The van der Waals surface area contributed by atoms with Gasteiger partial charge in [-0.05, 0) is 39.3 Å². The molecule has 0 aliphatic carbocycles. The summed E-state index contributed by atoms with van der Waals surface area (Å²) in [5.41, 5.74) is 0.0577. The normalized spacial score (nSPS) is 12.5. The van der Waals surface area contributed by atoms with Crippen LogP contribution in [0.1, 0.15) is 49.3 Å². The van der Waals surface area contributed by atoms with Crippen LogP contribution in [-0.2, 0) is 0 Å². The largest absolute Gasteiger partial charge is 0.472 e. The molecule has 1 unspecified atom stereocenters. The summed E-state index contributed by atoms with van der Waals surface area (Å²) >= 11 is 0.